The van der Waals surface area contributed by atoms with Gasteiger partial charge in [0.15, 0.2) is 0 Å². The monoisotopic (exact) mass is 230 g/mol. The summed E-state index contributed by atoms with van der Waals surface area (Å²) in [5.41, 5.74) is 1.64. The zero-order chi connectivity index (χ0) is 12.1. The molecule has 0 saturated carbocycles. The molecule has 4 heteroatoms. The number of aromatic nitrogens is 1. The summed E-state index contributed by atoms with van der Waals surface area (Å²) in [4.78, 5) is 3.88. The fraction of sp³-hybridized carbons (Fsp3) is 0.0769. The van der Waals surface area contributed by atoms with Crippen molar-refractivity contribution in [1.82, 2.24) is 4.98 Å². The zero-order valence-electron chi connectivity index (χ0n) is 9.05. The van der Waals surface area contributed by atoms with Crippen LogP contribution in [0.25, 0.3) is 0 Å². The Balaban J connectivity index is 2.26. The summed E-state index contributed by atoms with van der Waals surface area (Å²) < 4.78 is 13.5. The summed E-state index contributed by atoms with van der Waals surface area (Å²) in [5.74, 6) is -0.303. The highest BCUT2D eigenvalue weighted by atomic mass is 19.1. The minimum atomic E-state index is -0.303. The molecule has 0 radical (unpaired) electrons. The van der Waals surface area contributed by atoms with E-state index < -0.39 is 0 Å². The van der Waals surface area contributed by atoms with Gasteiger partial charge in [-0.25, -0.2) is 4.39 Å². The lowest BCUT2D eigenvalue weighted by atomic mass is 10.0. The standard InChI is InChI=1S/C13H11FN2O/c14-12-4-2-1-3-11(12)9-13(16-17)10-5-7-15-8-6-10/h1-8,17H,9H2/b16-13-. The minimum Gasteiger partial charge on any atom is -0.411 e. The molecular formula is C13H11FN2O. The van der Waals surface area contributed by atoms with Crippen LogP contribution in [0.4, 0.5) is 4.39 Å². The summed E-state index contributed by atoms with van der Waals surface area (Å²) in [7, 11) is 0. The molecule has 0 spiro atoms. The molecule has 2 aromatic rings. The van der Waals surface area contributed by atoms with Crippen LogP contribution in [0.15, 0.2) is 53.9 Å². The molecule has 3 nitrogen and oxygen atoms in total. The molecule has 86 valence electrons. The van der Waals surface area contributed by atoms with Crippen LogP contribution in [0.3, 0.4) is 0 Å². The van der Waals surface area contributed by atoms with Crippen LogP contribution < -0.4 is 0 Å². The molecule has 0 aliphatic carbocycles. The van der Waals surface area contributed by atoms with Crippen molar-refractivity contribution >= 4 is 5.71 Å². The molecule has 0 aliphatic heterocycles. The smallest absolute Gasteiger partial charge is 0.126 e. The first kappa shape index (κ1) is 11.3. The van der Waals surface area contributed by atoms with Crippen LogP contribution >= 0.6 is 0 Å². The first-order valence-electron chi connectivity index (χ1n) is 5.16. The third-order valence-electron chi connectivity index (χ3n) is 2.45. The molecule has 0 bridgehead atoms. The largest absolute Gasteiger partial charge is 0.411 e. The maximum absolute atomic E-state index is 13.5. The van der Waals surface area contributed by atoms with Gasteiger partial charge in [0, 0.05) is 24.4 Å². The van der Waals surface area contributed by atoms with E-state index in [-0.39, 0.29) is 12.2 Å². The first-order valence-corrected chi connectivity index (χ1v) is 5.16. The highest BCUT2D eigenvalue weighted by Crippen LogP contribution is 2.11. The fourth-order valence-corrected chi connectivity index (χ4v) is 1.56. The van der Waals surface area contributed by atoms with Crippen LogP contribution in [0.5, 0.6) is 0 Å². The van der Waals surface area contributed by atoms with Crippen molar-refractivity contribution in [3.8, 4) is 0 Å². The van der Waals surface area contributed by atoms with Crippen LogP contribution in [0.2, 0.25) is 0 Å². The van der Waals surface area contributed by atoms with Gasteiger partial charge in [-0.05, 0) is 23.8 Å². The molecule has 0 amide bonds. The quantitative estimate of drug-likeness (QED) is 0.500. The van der Waals surface area contributed by atoms with Crippen molar-refractivity contribution in [3.05, 3.63) is 65.7 Å². The fourth-order valence-electron chi connectivity index (χ4n) is 1.56. The van der Waals surface area contributed by atoms with E-state index in [1.165, 1.54) is 6.07 Å². The second-order valence-electron chi connectivity index (χ2n) is 3.55. The Morgan fingerprint density at radius 1 is 1.18 bits per heavy atom. The molecule has 0 atom stereocenters. The predicted molar refractivity (Wildman–Crippen MR) is 62.7 cm³/mol. The highest BCUT2D eigenvalue weighted by Gasteiger charge is 2.08. The molecule has 2 rings (SSSR count). The number of oxime groups is 1. The number of hydrogen-bond donors (Lipinski definition) is 1. The molecule has 1 heterocycles. The Labute approximate surface area is 98.2 Å². The summed E-state index contributed by atoms with van der Waals surface area (Å²) in [5, 5.41) is 12.2. The van der Waals surface area contributed by atoms with E-state index in [1.54, 1.807) is 42.7 Å². The van der Waals surface area contributed by atoms with Gasteiger partial charge in [0.2, 0.25) is 0 Å². The molecule has 1 aromatic carbocycles. The van der Waals surface area contributed by atoms with Crippen molar-refractivity contribution in [2.45, 2.75) is 6.42 Å². The lowest BCUT2D eigenvalue weighted by molar-refractivity contribution is 0.318. The van der Waals surface area contributed by atoms with E-state index in [0.717, 1.165) is 5.56 Å². The van der Waals surface area contributed by atoms with Crippen LogP contribution in [-0.4, -0.2) is 15.9 Å². The number of nitrogens with zero attached hydrogens (tertiary/aromatic N) is 2. The van der Waals surface area contributed by atoms with Gasteiger partial charge in [-0.3, -0.25) is 4.98 Å². The second-order valence-corrected chi connectivity index (χ2v) is 3.55. The van der Waals surface area contributed by atoms with E-state index in [9.17, 15) is 4.39 Å². The first-order chi connectivity index (χ1) is 8.31. The van der Waals surface area contributed by atoms with Gasteiger partial charge in [-0.2, -0.15) is 0 Å². The summed E-state index contributed by atoms with van der Waals surface area (Å²) in [6, 6.07) is 9.87. The molecule has 0 saturated heterocycles. The Morgan fingerprint density at radius 2 is 1.88 bits per heavy atom. The second kappa shape index (κ2) is 5.21. The Morgan fingerprint density at radius 3 is 2.53 bits per heavy atom. The Kier molecular flexibility index (Phi) is 3.45. The average molecular weight is 230 g/mol. The average Bonchev–Trinajstić information content (AvgIpc) is 2.39. The van der Waals surface area contributed by atoms with Gasteiger partial charge >= 0.3 is 0 Å². The van der Waals surface area contributed by atoms with Gasteiger partial charge in [-0.15, -0.1) is 0 Å². The number of benzene rings is 1. The van der Waals surface area contributed by atoms with Gasteiger partial charge in [0.05, 0.1) is 5.71 Å². The summed E-state index contributed by atoms with van der Waals surface area (Å²) in [6.45, 7) is 0. The number of pyridine rings is 1. The highest BCUT2D eigenvalue weighted by molar-refractivity contribution is 6.01. The number of hydrogen-bond acceptors (Lipinski definition) is 3. The van der Waals surface area contributed by atoms with E-state index in [0.29, 0.717) is 11.3 Å². The lowest BCUT2D eigenvalue weighted by Crippen LogP contribution is -2.07. The summed E-state index contributed by atoms with van der Waals surface area (Å²) >= 11 is 0. The van der Waals surface area contributed by atoms with E-state index in [4.69, 9.17) is 5.21 Å². The lowest BCUT2D eigenvalue weighted by Gasteiger charge is -2.05. The van der Waals surface area contributed by atoms with Gasteiger partial charge in [0.25, 0.3) is 0 Å². The molecular weight excluding hydrogens is 219 g/mol. The maximum Gasteiger partial charge on any atom is 0.126 e. The molecule has 0 unspecified atom stereocenters. The molecule has 17 heavy (non-hydrogen) atoms. The van der Waals surface area contributed by atoms with E-state index >= 15 is 0 Å². The molecule has 0 aliphatic rings. The van der Waals surface area contributed by atoms with E-state index in [1.807, 2.05) is 0 Å². The van der Waals surface area contributed by atoms with Crippen LogP contribution in [-0.2, 0) is 6.42 Å². The van der Waals surface area contributed by atoms with Crippen molar-refractivity contribution < 1.29 is 9.60 Å². The molecule has 0 fully saturated rings. The third kappa shape index (κ3) is 2.66. The van der Waals surface area contributed by atoms with Gasteiger partial charge in [0.1, 0.15) is 5.82 Å². The third-order valence-corrected chi connectivity index (χ3v) is 2.45. The van der Waals surface area contributed by atoms with Crippen molar-refractivity contribution in [3.63, 3.8) is 0 Å². The number of halogens is 1. The maximum atomic E-state index is 13.5. The zero-order valence-corrected chi connectivity index (χ0v) is 9.05. The summed E-state index contributed by atoms with van der Waals surface area (Å²) in [6.07, 6.45) is 3.44. The van der Waals surface area contributed by atoms with Crippen LogP contribution in [0.1, 0.15) is 11.1 Å². The van der Waals surface area contributed by atoms with Crippen molar-refractivity contribution in [2.24, 2.45) is 5.16 Å². The van der Waals surface area contributed by atoms with Crippen molar-refractivity contribution in [2.75, 3.05) is 0 Å². The SMILES string of the molecule is O/N=C(/Cc1ccccc1F)c1ccncc1. The van der Waals surface area contributed by atoms with E-state index in [2.05, 4.69) is 10.1 Å². The topological polar surface area (TPSA) is 45.5 Å². The van der Waals surface area contributed by atoms with Crippen LogP contribution in [0, 0.1) is 5.82 Å². The normalized spacial score (nSPS) is 11.5. The predicted octanol–water partition coefficient (Wildman–Crippen LogP) is 2.64. The molecule has 1 aromatic heterocycles. The van der Waals surface area contributed by atoms with Crippen molar-refractivity contribution in [1.29, 1.82) is 0 Å². The number of rotatable bonds is 3. The van der Waals surface area contributed by atoms with Gasteiger partial charge < -0.3 is 5.21 Å². The Bertz CT molecular complexity index is 526. The molecule has 1 N–H and O–H groups in total. The minimum absolute atomic E-state index is 0.243. The Hall–Kier alpha value is -2.23. The van der Waals surface area contributed by atoms with Gasteiger partial charge in [-0.1, -0.05) is 23.4 Å².